The van der Waals surface area contributed by atoms with E-state index in [2.05, 4.69) is 17.0 Å². The second-order valence-corrected chi connectivity index (χ2v) is 5.04. The van der Waals surface area contributed by atoms with E-state index in [1.807, 2.05) is 30.5 Å². The smallest absolute Gasteiger partial charge is 0.354 e. The molecule has 1 aromatic carbocycles. The quantitative estimate of drug-likeness (QED) is 0.752. The molecule has 0 aliphatic carbocycles. The SMILES string of the molecule is CCCCn1nc(-c2c[nH]c3ccccc23)cc1C(=O)O. The second-order valence-electron chi connectivity index (χ2n) is 5.04. The first-order chi connectivity index (χ1) is 10.2. The number of carboxylic acid groups (broad SMARTS) is 1. The van der Waals surface area contributed by atoms with Crippen LogP contribution in [0.2, 0.25) is 0 Å². The number of unbranched alkanes of at least 4 members (excludes halogenated alkanes) is 1. The van der Waals surface area contributed by atoms with E-state index in [9.17, 15) is 9.90 Å². The highest BCUT2D eigenvalue weighted by molar-refractivity contribution is 5.96. The third-order valence-corrected chi connectivity index (χ3v) is 3.59. The Morgan fingerprint density at radius 1 is 1.38 bits per heavy atom. The van der Waals surface area contributed by atoms with Gasteiger partial charge in [-0.05, 0) is 18.6 Å². The van der Waals surface area contributed by atoms with Crippen molar-refractivity contribution in [3.8, 4) is 11.3 Å². The van der Waals surface area contributed by atoms with Gasteiger partial charge in [0, 0.05) is 29.2 Å². The number of hydrogen-bond donors (Lipinski definition) is 2. The fourth-order valence-electron chi connectivity index (χ4n) is 2.48. The summed E-state index contributed by atoms with van der Waals surface area (Å²) in [6.45, 7) is 2.70. The number of carboxylic acids is 1. The van der Waals surface area contributed by atoms with Crippen molar-refractivity contribution in [1.82, 2.24) is 14.8 Å². The zero-order valence-electron chi connectivity index (χ0n) is 11.8. The molecule has 0 spiro atoms. The molecule has 3 aromatic rings. The monoisotopic (exact) mass is 283 g/mol. The fourth-order valence-corrected chi connectivity index (χ4v) is 2.48. The van der Waals surface area contributed by atoms with Crippen LogP contribution in [-0.4, -0.2) is 25.8 Å². The molecule has 0 amide bonds. The van der Waals surface area contributed by atoms with Crippen LogP contribution in [0.5, 0.6) is 0 Å². The number of carbonyl (C=O) groups is 1. The minimum atomic E-state index is -0.940. The molecule has 5 heteroatoms. The van der Waals surface area contributed by atoms with Crippen LogP contribution < -0.4 is 0 Å². The molecule has 2 N–H and O–H groups in total. The Morgan fingerprint density at radius 3 is 2.95 bits per heavy atom. The highest BCUT2D eigenvalue weighted by Crippen LogP contribution is 2.28. The van der Waals surface area contributed by atoms with E-state index in [0.29, 0.717) is 12.2 Å². The van der Waals surface area contributed by atoms with Gasteiger partial charge >= 0.3 is 5.97 Å². The highest BCUT2D eigenvalue weighted by Gasteiger charge is 2.16. The van der Waals surface area contributed by atoms with Crippen molar-refractivity contribution in [3.63, 3.8) is 0 Å². The molecule has 2 heterocycles. The summed E-state index contributed by atoms with van der Waals surface area (Å²) in [5, 5.41) is 14.8. The number of nitrogens with zero attached hydrogens (tertiary/aromatic N) is 2. The number of aromatic carboxylic acids is 1. The lowest BCUT2D eigenvalue weighted by atomic mass is 10.1. The number of rotatable bonds is 5. The number of benzene rings is 1. The summed E-state index contributed by atoms with van der Waals surface area (Å²) in [4.78, 5) is 14.6. The number of nitrogens with one attached hydrogen (secondary N) is 1. The Morgan fingerprint density at radius 2 is 2.19 bits per heavy atom. The predicted octanol–water partition coefficient (Wildman–Crippen LogP) is 3.53. The van der Waals surface area contributed by atoms with E-state index >= 15 is 0 Å². The second kappa shape index (κ2) is 5.44. The van der Waals surface area contributed by atoms with E-state index in [0.717, 1.165) is 29.3 Å². The Kier molecular flexibility index (Phi) is 3.48. The van der Waals surface area contributed by atoms with Crippen LogP contribution in [-0.2, 0) is 6.54 Å². The lowest BCUT2D eigenvalue weighted by Gasteiger charge is -2.02. The average molecular weight is 283 g/mol. The third-order valence-electron chi connectivity index (χ3n) is 3.59. The van der Waals surface area contributed by atoms with Crippen molar-refractivity contribution in [2.45, 2.75) is 26.3 Å². The zero-order valence-corrected chi connectivity index (χ0v) is 11.8. The maximum atomic E-state index is 11.4. The molecule has 0 fully saturated rings. The van der Waals surface area contributed by atoms with Gasteiger partial charge < -0.3 is 10.1 Å². The standard InChI is InChI=1S/C16H17N3O2/c1-2-3-8-19-15(16(20)21)9-14(18-19)12-10-17-13-7-5-4-6-11(12)13/h4-7,9-10,17H,2-3,8H2,1H3,(H,20,21). The molecule has 0 aliphatic rings. The van der Waals surface area contributed by atoms with Crippen LogP contribution in [0.1, 0.15) is 30.3 Å². The van der Waals surface area contributed by atoms with E-state index in [-0.39, 0.29) is 5.69 Å². The van der Waals surface area contributed by atoms with Crippen LogP contribution in [0.15, 0.2) is 36.5 Å². The van der Waals surface area contributed by atoms with Gasteiger partial charge in [0.15, 0.2) is 0 Å². The van der Waals surface area contributed by atoms with Crippen LogP contribution in [0.3, 0.4) is 0 Å². The van der Waals surface area contributed by atoms with Gasteiger partial charge in [-0.25, -0.2) is 4.79 Å². The molecule has 0 radical (unpaired) electrons. The molecular formula is C16H17N3O2. The van der Waals surface area contributed by atoms with Crippen LogP contribution >= 0.6 is 0 Å². The third kappa shape index (κ3) is 2.42. The van der Waals surface area contributed by atoms with E-state index in [4.69, 9.17) is 0 Å². The van der Waals surface area contributed by atoms with Crippen LogP contribution in [0.25, 0.3) is 22.2 Å². The molecule has 0 aliphatic heterocycles. The van der Waals surface area contributed by atoms with Crippen molar-refractivity contribution in [1.29, 1.82) is 0 Å². The van der Waals surface area contributed by atoms with Crippen LogP contribution in [0, 0.1) is 0 Å². The Hall–Kier alpha value is -2.56. The lowest BCUT2D eigenvalue weighted by molar-refractivity contribution is 0.0683. The Labute approximate surface area is 122 Å². The molecule has 3 rings (SSSR count). The number of aromatic amines is 1. The summed E-state index contributed by atoms with van der Waals surface area (Å²) in [5.74, 6) is -0.940. The molecule has 2 aromatic heterocycles. The minimum absolute atomic E-state index is 0.240. The Bertz CT molecular complexity index is 786. The van der Waals surface area contributed by atoms with Gasteiger partial charge in [0.05, 0.1) is 5.69 Å². The summed E-state index contributed by atoms with van der Waals surface area (Å²) in [6, 6.07) is 9.57. The molecular weight excluding hydrogens is 266 g/mol. The van der Waals surface area contributed by atoms with E-state index in [1.165, 1.54) is 0 Å². The van der Waals surface area contributed by atoms with Gasteiger partial charge in [-0.3, -0.25) is 4.68 Å². The molecule has 0 saturated carbocycles. The molecule has 0 unspecified atom stereocenters. The van der Waals surface area contributed by atoms with E-state index < -0.39 is 5.97 Å². The molecule has 5 nitrogen and oxygen atoms in total. The maximum absolute atomic E-state index is 11.4. The summed E-state index contributed by atoms with van der Waals surface area (Å²) in [7, 11) is 0. The summed E-state index contributed by atoms with van der Waals surface area (Å²) >= 11 is 0. The van der Waals surface area contributed by atoms with Crippen molar-refractivity contribution in [2.75, 3.05) is 0 Å². The molecule has 0 atom stereocenters. The number of aryl methyl sites for hydroxylation is 1. The largest absolute Gasteiger partial charge is 0.477 e. The maximum Gasteiger partial charge on any atom is 0.354 e. The number of fused-ring (bicyclic) bond motifs is 1. The topological polar surface area (TPSA) is 70.9 Å². The predicted molar refractivity (Wildman–Crippen MR) is 81.4 cm³/mol. The van der Waals surface area contributed by atoms with Crippen LogP contribution in [0.4, 0.5) is 0 Å². The first-order valence-corrected chi connectivity index (χ1v) is 7.08. The first-order valence-electron chi connectivity index (χ1n) is 7.08. The minimum Gasteiger partial charge on any atom is -0.477 e. The normalized spacial score (nSPS) is 11.1. The van der Waals surface area contributed by atoms with Crippen molar-refractivity contribution >= 4 is 16.9 Å². The van der Waals surface area contributed by atoms with E-state index in [1.54, 1.807) is 10.7 Å². The highest BCUT2D eigenvalue weighted by atomic mass is 16.4. The van der Waals surface area contributed by atoms with Gasteiger partial charge in [-0.1, -0.05) is 31.5 Å². The van der Waals surface area contributed by atoms with Crippen molar-refractivity contribution in [2.24, 2.45) is 0 Å². The zero-order chi connectivity index (χ0) is 14.8. The van der Waals surface area contributed by atoms with Gasteiger partial charge in [0.25, 0.3) is 0 Å². The first kappa shape index (κ1) is 13.4. The number of aromatic nitrogens is 3. The molecule has 108 valence electrons. The number of H-pyrrole nitrogens is 1. The summed E-state index contributed by atoms with van der Waals surface area (Å²) in [6.07, 6.45) is 3.79. The van der Waals surface area contributed by atoms with Gasteiger partial charge in [-0.15, -0.1) is 0 Å². The van der Waals surface area contributed by atoms with Gasteiger partial charge in [-0.2, -0.15) is 5.10 Å². The number of hydrogen-bond acceptors (Lipinski definition) is 2. The van der Waals surface area contributed by atoms with Gasteiger partial charge in [0.2, 0.25) is 0 Å². The molecule has 21 heavy (non-hydrogen) atoms. The molecule has 0 bridgehead atoms. The van der Waals surface area contributed by atoms with Crippen molar-refractivity contribution in [3.05, 3.63) is 42.2 Å². The fraction of sp³-hybridized carbons (Fsp3) is 0.250. The molecule has 0 saturated heterocycles. The Balaban J connectivity index is 2.08. The average Bonchev–Trinajstić information content (AvgIpc) is 3.08. The summed E-state index contributed by atoms with van der Waals surface area (Å²) < 4.78 is 1.59. The number of para-hydroxylation sites is 1. The van der Waals surface area contributed by atoms with Crippen molar-refractivity contribution < 1.29 is 9.90 Å². The van der Waals surface area contributed by atoms with Gasteiger partial charge in [0.1, 0.15) is 5.69 Å². The lowest BCUT2D eigenvalue weighted by Crippen LogP contribution is -2.09. The summed E-state index contributed by atoms with van der Waals surface area (Å²) in [5.41, 5.74) is 2.89.